The van der Waals surface area contributed by atoms with E-state index in [-0.39, 0.29) is 23.5 Å². The number of benzene rings is 2. The minimum atomic E-state index is -0.763. The van der Waals surface area contributed by atoms with E-state index < -0.39 is 18.5 Å². The second kappa shape index (κ2) is 8.26. The molecule has 0 heterocycles. The molecule has 0 saturated heterocycles. The highest BCUT2D eigenvalue weighted by Gasteiger charge is 2.19. The van der Waals surface area contributed by atoms with Crippen LogP contribution in [0.3, 0.4) is 0 Å². The number of hydrogen-bond donors (Lipinski definition) is 0. The Kier molecular flexibility index (Phi) is 6.09. The summed E-state index contributed by atoms with van der Waals surface area (Å²) in [6.07, 6.45) is 0. The Labute approximate surface area is 144 Å². The van der Waals surface area contributed by atoms with Crippen molar-refractivity contribution >= 4 is 29.3 Å². The van der Waals surface area contributed by atoms with Gasteiger partial charge in [0.1, 0.15) is 0 Å². The van der Waals surface area contributed by atoms with Crippen LogP contribution >= 0.6 is 11.6 Å². The molecule has 24 heavy (non-hydrogen) atoms. The highest BCUT2D eigenvalue weighted by atomic mass is 35.5. The lowest BCUT2D eigenvalue weighted by molar-refractivity contribution is 0.0452. The summed E-state index contributed by atoms with van der Waals surface area (Å²) < 4.78 is 9.91. The molecule has 0 aromatic heterocycles. The van der Waals surface area contributed by atoms with E-state index in [4.69, 9.17) is 21.1 Å². The van der Waals surface area contributed by atoms with Gasteiger partial charge in [0.2, 0.25) is 0 Å². The molecule has 124 valence electrons. The van der Waals surface area contributed by atoms with Crippen molar-refractivity contribution in [2.45, 2.75) is 6.92 Å². The van der Waals surface area contributed by atoms with Crippen LogP contribution in [0, 0.1) is 0 Å². The zero-order valence-corrected chi connectivity index (χ0v) is 13.7. The first-order chi connectivity index (χ1) is 11.5. The lowest BCUT2D eigenvalue weighted by Crippen LogP contribution is -2.17. The van der Waals surface area contributed by atoms with Crippen molar-refractivity contribution in [2.75, 3.05) is 13.2 Å². The topological polar surface area (TPSA) is 69.7 Å². The van der Waals surface area contributed by atoms with E-state index in [2.05, 4.69) is 0 Å². The SMILES string of the molecule is CCOC(=O)c1ccccc1C(=O)OCC(=O)c1ccc(Cl)cc1. The van der Waals surface area contributed by atoms with Crippen LogP contribution in [0.25, 0.3) is 0 Å². The Morgan fingerprint density at radius 1 is 0.875 bits per heavy atom. The molecule has 0 N–H and O–H groups in total. The minimum absolute atomic E-state index is 0.0554. The molecule has 0 aliphatic heterocycles. The number of carbonyl (C=O) groups is 3. The Morgan fingerprint density at radius 2 is 1.42 bits per heavy atom. The third-order valence-corrected chi connectivity index (χ3v) is 3.39. The van der Waals surface area contributed by atoms with E-state index in [1.54, 1.807) is 43.3 Å². The summed E-state index contributed by atoms with van der Waals surface area (Å²) in [5.41, 5.74) is 0.536. The molecule has 2 rings (SSSR count). The first-order valence-corrected chi connectivity index (χ1v) is 7.62. The lowest BCUT2D eigenvalue weighted by atomic mass is 10.1. The lowest BCUT2D eigenvalue weighted by Gasteiger charge is -2.08. The van der Waals surface area contributed by atoms with E-state index >= 15 is 0 Å². The maximum Gasteiger partial charge on any atom is 0.339 e. The first kappa shape index (κ1) is 17.7. The second-order valence-electron chi connectivity index (χ2n) is 4.77. The van der Waals surface area contributed by atoms with Crippen molar-refractivity contribution in [3.63, 3.8) is 0 Å². The summed E-state index contributed by atoms with van der Waals surface area (Å²) in [5.74, 6) is -1.75. The molecule has 0 aliphatic carbocycles. The Hall–Kier alpha value is -2.66. The van der Waals surface area contributed by atoms with Gasteiger partial charge in [-0.2, -0.15) is 0 Å². The Morgan fingerprint density at radius 3 is 1.96 bits per heavy atom. The number of halogens is 1. The van der Waals surface area contributed by atoms with Gasteiger partial charge in [-0.3, -0.25) is 4.79 Å². The largest absolute Gasteiger partial charge is 0.462 e. The number of rotatable bonds is 6. The van der Waals surface area contributed by atoms with Gasteiger partial charge in [0, 0.05) is 10.6 Å². The van der Waals surface area contributed by atoms with Gasteiger partial charge in [-0.15, -0.1) is 0 Å². The number of esters is 2. The Bertz CT molecular complexity index is 752. The normalized spacial score (nSPS) is 10.1. The predicted octanol–water partition coefficient (Wildman–Crippen LogP) is 3.56. The molecular formula is C18H15ClO5. The molecular weight excluding hydrogens is 332 g/mol. The molecule has 2 aromatic rings. The fourth-order valence-electron chi connectivity index (χ4n) is 1.98. The van der Waals surface area contributed by atoms with Crippen molar-refractivity contribution in [1.82, 2.24) is 0 Å². The zero-order valence-electron chi connectivity index (χ0n) is 13.0. The standard InChI is InChI=1S/C18H15ClO5/c1-2-23-17(21)14-5-3-4-6-15(14)18(22)24-11-16(20)12-7-9-13(19)10-8-12/h3-10H,2,11H2,1H3. The van der Waals surface area contributed by atoms with E-state index in [0.717, 1.165) is 0 Å². The van der Waals surface area contributed by atoms with E-state index in [0.29, 0.717) is 10.6 Å². The summed E-state index contributed by atoms with van der Waals surface area (Å²) in [5, 5.41) is 0.506. The number of carbonyl (C=O) groups excluding carboxylic acids is 3. The fraction of sp³-hybridized carbons (Fsp3) is 0.167. The highest BCUT2D eigenvalue weighted by Crippen LogP contribution is 2.13. The van der Waals surface area contributed by atoms with Crippen LogP contribution in [-0.2, 0) is 9.47 Å². The van der Waals surface area contributed by atoms with Gasteiger partial charge < -0.3 is 9.47 Å². The monoisotopic (exact) mass is 346 g/mol. The summed E-state index contributed by atoms with van der Waals surface area (Å²) in [6, 6.07) is 12.4. The van der Waals surface area contributed by atoms with Crippen molar-refractivity contribution in [1.29, 1.82) is 0 Å². The molecule has 2 aromatic carbocycles. The van der Waals surface area contributed by atoms with Gasteiger partial charge in [0.05, 0.1) is 17.7 Å². The maximum atomic E-state index is 12.2. The fourth-order valence-corrected chi connectivity index (χ4v) is 2.10. The van der Waals surface area contributed by atoms with Crippen LogP contribution in [0.15, 0.2) is 48.5 Å². The molecule has 5 nitrogen and oxygen atoms in total. The van der Waals surface area contributed by atoms with Gasteiger partial charge in [-0.1, -0.05) is 23.7 Å². The van der Waals surface area contributed by atoms with Crippen molar-refractivity contribution in [3.8, 4) is 0 Å². The maximum absolute atomic E-state index is 12.2. The van der Waals surface area contributed by atoms with Crippen LogP contribution < -0.4 is 0 Å². The van der Waals surface area contributed by atoms with E-state index in [9.17, 15) is 14.4 Å². The smallest absolute Gasteiger partial charge is 0.339 e. The zero-order chi connectivity index (χ0) is 17.5. The minimum Gasteiger partial charge on any atom is -0.462 e. The average Bonchev–Trinajstić information content (AvgIpc) is 2.60. The number of Topliss-reactive ketones (excluding diaryl/α,β-unsaturated/α-hetero) is 1. The molecule has 0 aliphatic rings. The highest BCUT2D eigenvalue weighted by molar-refractivity contribution is 6.30. The number of hydrogen-bond acceptors (Lipinski definition) is 5. The third kappa shape index (κ3) is 4.43. The van der Waals surface area contributed by atoms with Crippen LogP contribution in [0.5, 0.6) is 0 Å². The van der Waals surface area contributed by atoms with Crippen molar-refractivity contribution < 1.29 is 23.9 Å². The molecule has 0 fully saturated rings. The van der Waals surface area contributed by atoms with Gasteiger partial charge >= 0.3 is 11.9 Å². The first-order valence-electron chi connectivity index (χ1n) is 7.25. The molecule has 0 spiro atoms. The van der Waals surface area contributed by atoms with E-state index in [1.807, 2.05) is 0 Å². The molecule has 6 heteroatoms. The summed E-state index contributed by atoms with van der Waals surface area (Å²) in [6.45, 7) is 1.43. The predicted molar refractivity (Wildman–Crippen MR) is 88.5 cm³/mol. The van der Waals surface area contributed by atoms with Crippen LogP contribution in [0.4, 0.5) is 0 Å². The molecule has 0 atom stereocenters. The quantitative estimate of drug-likeness (QED) is 0.591. The van der Waals surface area contributed by atoms with Gasteiger partial charge in [-0.05, 0) is 43.3 Å². The number of ketones is 1. The van der Waals surface area contributed by atoms with Crippen LogP contribution in [-0.4, -0.2) is 30.9 Å². The molecule has 0 unspecified atom stereocenters. The van der Waals surface area contributed by atoms with Crippen molar-refractivity contribution in [3.05, 3.63) is 70.2 Å². The summed E-state index contributed by atoms with van der Waals surface area (Å²) >= 11 is 5.76. The molecule has 0 radical (unpaired) electrons. The van der Waals surface area contributed by atoms with Crippen molar-refractivity contribution in [2.24, 2.45) is 0 Å². The van der Waals surface area contributed by atoms with E-state index in [1.165, 1.54) is 12.1 Å². The van der Waals surface area contributed by atoms with Crippen LogP contribution in [0.2, 0.25) is 5.02 Å². The summed E-state index contributed by atoms with van der Waals surface area (Å²) in [7, 11) is 0. The Balaban J connectivity index is 2.06. The second-order valence-corrected chi connectivity index (χ2v) is 5.21. The number of ether oxygens (including phenoxy) is 2. The third-order valence-electron chi connectivity index (χ3n) is 3.14. The van der Waals surface area contributed by atoms with Gasteiger partial charge in [0.15, 0.2) is 12.4 Å². The van der Waals surface area contributed by atoms with Gasteiger partial charge in [0.25, 0.3) is 0 Å². The molecule has 0 saturated carbocycles. The molecule has 0 amide bonds. The molecule has 0 bridgehead atoms. The van der Waals surface area contributed by atoms with Gasteiger partial charge in [-0.25, -0.2) is 9.59 Å². The van der Waals surface area contributed by atoms with Crippen LogP contribution in [0.1, 0.15) is 38.0 Å². The average molecular weight is 347 g/mol. The summed E-state index contributed by atoms with van der Waals surface area (Å²) in [4.78, 5) is 36.0.